The molecule has 0 saturated carbocycles. The average molecular weight is 1030 g/mol. The van der Waals surface area contributed by atoms with E-state index in [0.717, 1.165) is 34.1 Å². The van der Waals surface area contributed by atoms with E-state index in [1.165, 1.54) is 107 Å². The fourth-order valence-electron chi connectivity index (χ4n) is 11.5. The quantitative estimate of drug-likeness (QED) is 0.127. The van der Waals surface area contributed by atoms with Gasteiger partial charge in [-0.2, -0.15) is 0 Å². The number of anilines is 6. The molecule has 0 aliphatic rings. The minimum absolute atomic E-state index is 1.12. The molecule has 0 spiro atoms. The van der Waals surface area contributed by atoms with Crippen LogP contribution in [0.25, 0.3) is 96.0 Å². The standard InChI is InChI=1S/C74H52N2S2/c1-49-43-55(31-37-67(49)75(69-29-17-15-27-61(69)53-23-11-5-12-24-53)59-35-41-73-65(47-59)63-45-57(33-39-71(63)77-73)51-19-7-3-8-20-51)56-32-38-68(50(2)44-56)76(70-30-18-16-28-62(70)54-25-13-6-14-26-54)60-36-42-74-66(48-60)64-46-58(34-40-72(64)78-74)52-21-9-4-10-22-52/h3-48H,1-2H3. The molecule has 0 saturated heterocycles. The van der Waals surface area contributed by atoms with Crippen LogP contribution in [0, 0.1) is 13.8 Å². The van der Waals surface area contributed by atoms with Gasteiger partial charge in [0, 0.05) is 74.2 Å². The first-order valence-electron chi connectivity index (χ1n) is 26.6. The highest BCUT2D eigenvalue weighted by Crippen LogP contribution is 2.48. The molecule has 0 aliphatic carbocycles. The third kappa shape index (κ3) is 8.62. The number of fused-ring (bicyclic) bond motifs is 6. The largest absolute Gasteiger partial charge is 0.310 e. The molecule has 0 N–H and O–H groups in total. The molecule has 0 unspecified atom stereocenters. The molecular formula is C74H52N2S2. The molecule has 2 aromatic heterocycles. The zero-order chi connectivity index (χ0) is 52.1. The van der Waals surface area contributed by atoms with Crippen LogP contribution in [-0.2, 0) is 0 Å². The van der Waals surface area contributed by atoms with Crippen LogP contribution < -0.4 is 9.80 Å². The van der Waals surface area contributed by atoms with Gasteiger partial charge in [0.05, 0.1) is 11.4 Å². The van der Waals surface area contributed by atoms with Crippen molar-refractivity contribution in [3.63, 3.8) is 0 Å². The van der Waals surface area contributed by atoms with Crippen molar-refractivity contribution in [2.24, 2.45) is 0 Å². The van der Waals surface area contributed by atoms with Gasteiger partial charge in [-0.05, 0) is 167 Å². The van der Waals surface area contributed by atoms with Crippen molar-refractivity contribution in [2.45, 2.75) is 13.8 Å². The van der Waals surface area contributed by atoms with E-state index in [9.17, 15) is 0 Å². The van der Waals surface area contributed by atoms with Gasteiger partial charge in [0.25, 0.3) is 0 Å². The Morgan fingerprint density at radius 3 is 0.923 bits per heavy atom. The predicted octanol–water partition coefficient (Wildman–Crippen LogP) is 22.3. The van der Waals surface area contributed by atoms with Crippen LogP contribution >= 0.6 is 22.7 Å². The first kappa shape index (κ1) is 47.2. The maximum Gasteiger partial charge on any atom is 0.0540 e. The number of rotatable bonds is 11. The highest BCUT2D eigenvalue weighted by molar-refractivity contribution is 7.26. The summed E-state index contributed by atoms with van der Waals surface area (Å²) in [4.78, 5) is 4.94. The second-order valence-electron chi connectivity index (χ2n) is 20.2. The van der Waals surface area contributed by atoms with Crippen molar-refractivity contribution in [1.29, 1.82) is 0 Å². The van der Waals surface area contributed by atoms with Gasteiger partial charge in [-0.1, -0.05) is 182 Å². The smallest absolute Gasteiger partial charge is 0.0540 e. The van der Waals surface area contributed by atoms with Crippen molar-refractivity contribution in [3.8, 4) is 55.6 Å². The van der Waals surface area contributed by atoms with Crippen LogP contribution in [0.1, 0.15) is 11.1 Å². The third-order valence-electron chi connectivity index (χ3n) is 15.3. The van der Waals surface area contributed by atoms with E-state index in [-0.39, 0.29) is 0 Å². The van der Waals surface area contributed by atoms with Crippen molar-refractivity contribution in [3.05, 3.63) is 290 Å². The summed E-state index contributed by atoms with van der Waals surface area (Å²) >= 11 is 3.72. The lowest BCUT2D eigenvalue weighted by Crippen LogP contribution is -2.13. The minimum atomic E-state index is 1.12. The van der Waals surface area contributed by atoms with Crippen molar-refractivity contribution >= 4 is 97.1 Å². The minimum Gasteiger partial charge on any atom is -0.310 e. The molecule has 370 valence electrons. The van der Waals surface area contributed by atoms with Crippen LogP contribution in [0.4, 0.5) is 34.1 Å². The third-order valence-corrected chi connectivity index (χ3v) is 17.6. The summed E-state index contributed by atoms with van der Waals surface area (Å²) in [7, 11) is 0. The van der Waals surface area contributed by atoms with Crippen LogP contribution in [0.3, 0.4) is 0 Å². The van der Waals surface area contributed by atoms with Gasteiger partial charge in [0.15, 0.2) is 0 Å². The number of para-hydroxylation sites is 2. The van der Waals surface area contributed by atoms with E-state index in [1.807, 2.05) is 22.7 Å². The summed E-state index contributed by atoms with van der Waals surface area (Å²) in [5.74, 6) is 0. The fourth-order valence-corrected chi connectivity index (χ4v) is 13.6. The van der Waals surface area contributed by atoms with Gasteiger partial charge in [0.2, 0.25) is 0 Å². The summed E-state index contributed by atoms with van der Waals surface area (Å²) in [6.45, 7) is 4.52. The van der Waals surface area contributed by atoms with Gasteiger partial charge < -0.3 is 9.80 Å². The zero-order valence-corrected chi connectivity index (χ0v) is 44.9. The fraction of sp³-hybridized carbons (Fsp3) is 0.0270. The normalized spacial score (nSPS) is 11.5. The second kappa shape index (κ2) is 20.0. The molecule has 2 heterocycles. The van der Waals surface area contributed by atoms with Crippen molar-refractivity contribution in [1.82, 2.24) is 0 Å². The van der Waals surface area contributed by atoms with Gasteiger partial charge in [-0.15, -0.1) is 22.7 Å². The van der Waals surface area contributed by atoms with E-state index >= 15 is 0 Å². The molecule has 0 bridgehead atoms. The van der Waals surface area contributed by atoms with Crippen molar-refractivity contribution in [2.75, 3.05) is 9.80 Å². The lowest BCUT2D eigenvalue weighted by molar-refractivity contribution is 1.25. The van der Waals surface area contributed by atoms with E-state index < -0.39 is 0 Å². The zero-order valence-electron chi connectivity index (χ0n) is 43.3. The highest BCUT2D eigenvalue weighted by Gasteiger charge is 2.23. The number of aryl methyl sites for hydroxylation is 2. The molecule has 0 atom stereocenters. The SMILES string of the molecule is Cc1cc(-c2ccc(N(c3ccc4sc5ccc(-c6ccccc6)cc5c4c3)c3ccccc3-c3ccccc3)c(C)c2)ccc1N(c1ccc2sc3ccc(-c4ccccc4)cc3c2c1)c1ccccc1-c1ccccc1. The van der Waals surface area contributed by atoms with Gasteiger partial charge >= 0.3 is 0 Å². The molecule has 14 rings (SSSR count). The maximum atomic E-state index is 2.47. The number of hydrogen-bond donors (Lipinski definition) is 0. The average Bonchev–Trinajstić information content (AvgIpc) is 4.24. The Hall–Kier alpha value is -9.32. The van der Waals surface area contributed by atoms with Gasteiger partial charge in [-0.25, -0.2) is 0 Å². The lowest BCUT2D eigenvalue weighted by Gasteiger charge is -2.30. The Balaban J connectivity index is 0.883. The summed E-state index contributed by atoms with van der Waals surface area (Å²) in [6, 6.07) is 103. The summed E-state index contributed by atoms with van der Waals surface area (Å²) in [5.41, 5.74) is 21.1. The van der Waals surface area contributed by atoms with Crippen LogP contribution in [0.5, 0.6) is 0 Å². The molecule has 0 radical (unpaired) electrons. The van der Waals surface area contributed by atoms with E-state index in [4.69, 9.17) is 0 Å². The Kier molecular flexibility index (Phi) is 12.1. The van der Waals surface area contributed by atoms with Gasteiger partial charge in [-0.3, -0.25) is 0 Å². The van der Waals surface area contributed by atoms with Crippen LogP contribution in [0.15, 0.2) is 279 Å². The number of thiophene rings is 2. The first-order valence-corrected chi connectivity index (χ1v) is 28.3. The molecule has 0 fully saturated rings. The Morgan fingerprint density at radius 1 is 0.231 bits per heavy atom. The van der Waals surface area contributed by atoms with Crippen LogP contribution in [-0.4, -0.2) is 0 Å². The second-order valence-corrected chi connectivity index (χ2v) is 22.3. The number of hydrogen-bond acceptors (Lipinski definition) is 4. The van der Waals surface area contributed by atoms with Crippen molar-refractivity contribution < 1.29 is 0 Å². The predicted molar refractivity (Wildman–Crippen MR) is 338 cm³/mol. The number of benzene rings is 12. The van der Waals surface area contributed by atoms with E-state index in [0.29, 0.717) is 0 Å². The Morgan fingerprint density at radius 2 is 0.538 bits per heavy atom. The maximum absolute atomic E-state index is 2.47. The monoisotopic (exact) mass is 1030 g/mol. The molecule has 78 heavy (non-hydrogen) atoms. The summed E-state index contributed by atoms with van der Waals surface area (Å²) in [5, 5.41) is 5.08. The topological polar surface area (TPSA) is 6.48 Å². The highest BCUT2D eigenvalue weighted by atomic mass is 32.1. The Bertz CT molecular complexity index is 4230. The molecule has 14 aromatic rings. The van der Waals surface area contributed by atoms with Gasteiger partial charge in [0.1, 0.15) is 0 Å². The Labute approximate surface area is 463 Å². The molecule has 12 aromatic carbocycles. The molecule has 4 heteroatoms. The lowest BCUT2D eigenvalue weighted by atomic mass is 9.96. The summed E-state index contributed by atoms with van der Waals surface area (Å²) in [6.07, 6.45) is 0. The van der Waals surface area contributed by atoms with E-state index in [1.54, 1.807) is 0 Å². The first-order chi connectivity index (χ1) is 38.5. The molecule has 2 nitrogen and oxygen atoms in total. The number of nitrogens with zero attached hydrogens (tertiary/aromatic N) is 2. The van der Waals surface area contributed by atoms with E-state index in [2.05, 4.69) is 303 Å². The summed E-state index contributed by atoms with van der Waals surface area (Å²) < 4.78 is 5.14. The molecular weight excluding hydrogens is 981 g/mol. The molecule has 0 amide bonds. The van der Waals surface area contributed by atoms with Crippen LogP contribution in [0.2, 0.25) is 0 Å². The molecule has 0 aliphatic heterocycles.